The first-order valence-corrected chi connectivity index (χ1v) is 10.4. The summed E-state index contributed by atoms with van der Waals surface area (Å²) in [5, 5.41) is 10.3. The van der Waals surface area contributed by atoms with E-state index in [4.69, 9.17) is 4.74 Å². The summed E-state index contributed by atoms with van der Waals surface area (Å²) in [6.07, 6.45) is -0.729. The molecule has 0 saturated carbocycles. The normalized spacial score (nSPS) is 15.5. The molecule has 124 valence electrons. The van der Waals surface area contributed by atoms with Gasteiger partial charge in [-0.2, -0.15) is 4.79 Å². The van der Waals surface area contributed by atoms with Crippen LogP contribution in [0, 0.1) is 0 Å². The standard InChI is InChI=1S/C16H28NO4Si/c1-13(2)17(19,14-10-8-7-9-11-14)15(18)21-12-16(3,4)22(5,6)20/h7-11,13,19-20H,12H2,1-6H3/q+1. The zero-order chi connectivity index (χ0) is 17.2. The number of hydrogen-bond acceptors (Lipinski definition) is 4. The summed E-state index contributed by atoms with van der Waals surface area (Å²) in [5.41, 5.74) is 0.459. The van der Waals surface area contributed by atoms with Crippen LogP contribution in [0.3, 0.4) is 0 Å². The minimum Gasteiger partial charge on any atom is -0.432 e. The second kappa shape index (κ2) is 6.50. The predicted molar refractivity (Wildman–Crippen MR) is 90.2 cm³/mol. The molecular weight excluding hydrogens is 298 g/mol. The summed E-state index contributed by atoms with van der Waals surface area (Å²) in [5.74, 6) is 0. The number of nitrogens with zero attached hydrogens (tertiary/aromatic N) is 1. The van der Waals surface area contributed by atoms with Crippen molar-refractivity contribution in [2.24, 2.45) is 0 Å². The van der Waals surface area contributed by atoms with E-state index in [1.54, 1.807) is 38.1 Å². The number of para-hydroxylation sites is 1. The summed E-state index contributed by atoms with van der Waals surface area (Å²) in [6, 6.07) is 8.35. The van der Waals surface area contributed by atoms with Gasteiger partial charge in [-0.15, -0.1) is 0 Å². The maximum absolute atomic E-state index is 12.5. The van der Waals surface area contributed by atoms with E-state index in [2.05, 4.69) is 0 Å². The molecule has 0 saturated heterocycles. The molecule has 0 heterocycles. The zero-order valence-corrected chi connectivity index (χ0v) is 15.3. The average molecular weight is 326 g/mol. The van der Waals surface area contributed by atoms with Crippen LogP contribution in [0.4, 0.5) is 10.5 Å². The van der Waals surface area contributed by atoms with Gasteiger partial charge in [0.15, 0.2) is 14.0 Å². The summed E-state index contributed by atoms with van der Waals surface area (Å²) < 4.78 is 4.46. The lowest BCUT2D eigenvalue weighted by Crippen LogP contribution is -2.57. The third kappa shape index (κ3) is 3.75. The van der Waals surface area contributed by atoms with Crippen LogP contribution in [-0.4, -0.2) is 37.1 Å². The van der Waals surface area contributed by atoms with Crippen molar-refractivity contribution in [1.82, 2.24) is 4.65 Å². The summed E-state index contributed by atoms with van der Waals surface area (Å²) in [4.78, 5) is 22.8. The van der Waals surface area contributed by atoms with Crippen LogP contribution in [0.15, 0.2) is 30.3 Å². The third-order valence-electron chi connectivity index (χ3n) is 4.39. The minimum absolute atomic E-state index is 0.0711. The smallest absolute Gasteiger partial charge is 0.432 e. The molecule has 1 aromatic rings. The predicted octanol–water partition coefficient (Wildman–Crippen LogP) is 3.91. The van der Waals surface area contributed by atoms with Gasteiger partial charge in [0.05, 0.1) is 0 Å². The highest BCUT2D eigenvalue weighted by Crippen LogP contribution is 2.36. The first kappa shape index (κ1) is 18.8. The van der Waals surface area contributed by atoms with Gasteiger partial charge in [-0.25, -0.2) is 5.21 Å². The molecule has 2 N–H and O–H groups in total. The summed E-state index contributed by atoms with van der Waals surface area (Å²) >= 11 is 0. The number of hydrogen-bond donors (Lipinski definition) is 2. The molecule has 22 heavy (non-hydrogen) atoms. The number of ether oxygens (including phenoxy) is 1. The van der Waals surface area contributed by atoms with Crippen LogP contribution in [0.25, 0.3) is 0 Å². The van der Waals surface area contributed by atoms with E-state index in [9.17, 15) is 14.8 Å². The van der Waals surface area contributed by atoms with E-state index in [1.807, 2.05) is 33.0 Å². The Bertz CT molecular complexity index is 511. The Hall–Kier alpha value is -1.21. The number of carbonyl (C=O) groups is 1. The lowest BCUT2D eigenvalue weighted by molar-refractivity contribution is -0.0882. The van der Waals surface area contributed by atoms with Gasteiger partial charge in [-0.1, -0.05) is 32.0 Å². The van der Waals surface area contributed by atoms with E-state index < -0.39 is 30.1 Å². The Labute approximate surface area is 133 Å². The molecule has 0 aliphatic heterocycles. The number of benzene rings is 1. The van der Waals surface area contributed by atoms with Gasteiger partial charge in [0.2, 0.25) is 0 Å². The molecule has 0 aromatic heterocycles. The van der Waals surface area contributed by atoms with Crippen LogP contribution in [0.5, 0.6) is 0 Å². The SMILES string of the molecule is CC(C)[N+](O)(C(=O)OCC(C)(C)[Si](C)(C)O)c1ccccc1. The zero-order valence-electron chi connectivity index (χ0n) is 14.3. The lowest BCUT2D eigenvalue weighted by atomic mass is 10.2. The van der Waals surface area contributed by atoms with Crippen molar-refractivity contribution < 1.29 is 19.5 Å². The maximum Gasteiger partial charge on any atom is 0.555 e. The van der Waals surface area contributed by atoms with Gasteiger partial charge in [-0.3, -0.25) is 0 Å². The summed E-state index contributed by atoms with van der Waals surface area (Å²) in [7, 11) is -2.48. The van der Waals surface area contributed by atoms with E-state index in [1.165, 1.54) is 0 Å². The van der Waals surface area contributed by atoms with Gasteiger partial charge in [0.25, 0.3) is 0 Å². The van der Waals surface area contributed by atoms with Crippen molar-refractivity contribution in [1.29, 1.82) is 0 Å². The Morgan fingerprint density at radius 3 is 2.18 bits per heavy atom. The van der Waals surface area contributed by atoms with Crippen LogP contribution >= 0.6 is 0 Å². The Morgan fingerprint density at radius 2 is 1.77 bits per heavy atom. The van der Waals surface area contributed by atoms with Crippen LogP contribution in [0.1, 0.15) is 27.7 Å². The van der Waals surface area contributed by atoms with Crippen molar-refractivity contribution in [2.45, 2.75) is 51.9 Å². The van der Waals surface area contributed by atoms with Crippen molar-refractivity contribution >= 4 is 20.1 Å². The van der Waals surface area contributed by atoms with Gasteiger partial charge >= 0.3 is 6.09 Å². The highest BCUT2D eigenvalue weighted by atomic mass is 28.4. The van der Waals surface area contributed by atoms with Gasteiger partial charge in [-0.05, 0) is 31.6 Å². The Morgan fingerprint density at radius 1 is 1.27 bits per heavy atom. The highest BCUT2D eigenvalue weighted by molar-refractivity contribution is 6.72. The molecule has 0 radical (unpaired) electrons. The largest absolute Gasteiger partial charge is 0.555 e. The van der Waals surface area contributed by atoms with Gasteiger partial charge in [0.1, 0.15) is 12.6 Å². The molecule has 0 fully saturated rings. The number of amides is 1. The number of rotatable bonds is 5. The molecule has 0 aliphatic carbocycles. The fourth-order valence-corrected chi connectivity index (χ4v) is 2.21. The van der Waals surface area contributed by atoms with Crippen molar-refractivity contribution in [3.05, 3.63) is 30.3 Å². The fourth-order valence-electron chi connectivity index (χ4n) is 1.79. The van der Waals surface area contributed by atoms with Crippen molar-refractivity contribution in [3.8, 4) is 0 Å². The van der Waals surface area contributed by atoms with E-state index in [0.717, 1.165) is 0 Å². The quantitative estimate of drug-likeness (QED) is 0.373. The Kier molecular flexibility index (Phi) is 5.56. The molecule has 1 rings (SSSR count). The first-order valence-electron chi connectivity index (χ1n) is 7.49. The van der Waals surface area contributed by atoms with E-state index in [0.29, 0.717) is 5.69 Å². The first-order chi connectivity index (χ1) is 9.93. The molecule has 1 unspecified atom stereocenters. The number of hydroxylamine groups is 2. The Balaban J connectivity index is 2.98. The second-order valence-electron chi connectivity index (χ2n) is 7.11. The molecule has 0 spiro atoms. The lowest BCUT2D eigenvalue weighted by Gasteiger charge is -2.35. The summed E-state index contributed by atoms with van der Waals surface area (Å²) in [6.45, 7) is 10.9. The van der Waals surface area contributed by atoms with E-state index in [-0.39, 0.29) is 6.61 Å². The van der Waals surface area contributed by atoms with Crippen LogP contribution in [0.2, 0.25) is 18.1 Å². The van der Waals surface area contributed by atoms with Crippen LogP contribution < -0.4 is 4.65 Å². The molecule has 6 heteroatoms. The van der Waals surface area contributed by atoms with E-state index >= 15 is 0 Å². The molecule has 0 bridgehead atoms. The number of carbonyl (C=O) groups excluding carboxylic acids is 1. The molecule has 0 aliphatic rings. The topological polar surface area (TPSA) is 66.8 Å². The molecule has 1 amide bonds. The number of quaternary nitrogens is 1. The molecular formula is C16H28NO4Si+. The maximum atomic E-state index is 12.5. The van der Waals surface area contributed by atoms with Gasteiger partial charge < -0.3 is 9.53 Å². The second-order valence-corrected chi connectivity index (χ2v) is 11.6. The average Bonchev–Trinajstić information content (AvgIpc) is 2.43. The van der Waals surface area contributed by atoms with Gasteiger partial charge in [0, 0.05) is 17.2 Å². The van der Waals surface area contributed by atoms with Crippen molar-refractivity contribution in [3.63, 3.8) is 0 Å². The molecule has 1 atom stereocenters. The molecule has 1 aromatic carbocycles. The highest BCUT2D eigenvalue weighted by Gasteiger charge is 2.46. The fraction of sp³-hybridized carbons (Fsp3) is 0.562. The third-order valence-corrected chi connectivity index (χ3v) is 7.84. The minimum atomic E-state index is -2.48. The van der Waals surface area contributed by atoms with Crippen molar-refractivity contribution in [2.75, 3.05) is 6.61 Å². The molecule has 5 nitrogen and oxygen atoms in total. The van der Waals surface area contributed by atoms with Crippen LogP contribution in [-0.2, 0) is 4.74 Å². The monoisotopic (exact) mass is 326 g/mol.